The molecule has 0 radical (unpaired) electrons. The molecule has 1 fully saturated rings. The van der Waals surface area contributed by atoms with Gasteiger partial charge < -0.3 is 4.57 Å². The Morgan fingerprint density at radius 2 is 1.78 bits per heavy atom. The first-order valence-electron chi connectivity index (χ1n) is 9.30. The first kappa shape index (κ1) is 16.5. The van der Waals surface area contributed by atoms with Crippen molar-refractivity contribution in [3.05, 3.63) is 73.6 Å². The van der Waals surface area contributed by atoms with Crippen LogP contribution in [0.3, 0.4) is 0 Å². The van der Waals surface area contributed by atoms with Crippen molar-refractivity contribution in [2.24, 2.45) is 7.05 Å². The largest absolute Gasteiger partial charge is 0.342 e. The SMILES string of the molecule is Cc1cc2c(s1)c(=O)c1c(=O)n(-c3ccccc3)c(C3CCC3)cc1n2C. The number of nitrogens with zero attached hydrogens (tertiary/aromatic N) is 2. The van der Waals surface area contributed by atoms with Crippen molar-refractivity contribution in [3.63, 3.8) is 0 Å². The average molecular weight is 376 g/mol. The van der Waals surface area contributed by atoms with E-state index in [4.69, 9.17) is 0 Å². The zero-order chi connectivity index (χ0) is 18.7. The van der Waals surface area contributed by atoms with Gasteiger partial charge >= 0.3 is 0 Å². The highest BCUT2D eigenvalue weighted by molar-refractivity contribution is 7.18. The second-order valence-corrected chi connectivity index (χ2v) is 8.65. The van der Waals surface area contributed by atoms with E-state index in [0.717, 1.165) is 40.1 Å². The van der Waals surface area contributed by atoms with Crippen molar-refractivity contribution in [3.8, 4) is 5.69 Å². The van der Waals surface area contributed by atoms with Gasteiger partial charge in [-0.25, -0.2) is 0 Å². The van der Waals surface area contributed by atoms with Gasteiger partial charge in [-0.15, -0.1) is 11.3 Å². The summed E-state index contributed by atoms with van der Waals surface area (Å²) in [6.07, 6.45) is 3.37. The number of hydrogen-bond donors (Lipinski definition) is 0. The number of thiophene rings is 1. The zero-order valence-corrected chi connectivity index (χ0v) is 16.2. The van der Waals surface area contributed by atoms with Crippen molar-refractivity contribution >= 4 is 32.5 Å². The van der Waals surface area contributed by atoms with E-state index < -0.39 is 0 Å². The van der Waals surface area contributed by atoms with E-state index >= 15 is 0 Å². The first-order chi connectivity index (χ1) is 13.1. The maximum absolute atomic E-state index is 13.6. The molecule has 27 heavy (non-hydrogen) atoms. The van der Waals surface area contributed by atoms with E-state index in [1.807, 2.05) is 54.9 Å². The molecular formula is C22H20N2O2S. The third kappa shape index (κ3) is 2.34. The molecule has 0 N–H and O–H groups in total. The summed E-state index contributed by atoms with van der Waals surface area (Å²) in [7, 11) is 1.95. The van der Waals surface area contributed by atoms with Crippen molar-refractivity contribution in [2.75, 3.05) is 0 Å². The lowest BCUT2D eigenvalue weighted by Gasteiger charge is -2.29. The van der Waals surface area contributed by atoms with E-state index in [0.29, 0.717) is 16.0 Å². The maximum Gasteiger partial charge on any atom is 0.268 e. The highest BCUT2D eigenvalue weighted by atomic mass is 32.1. The van der Waals surface area contributed by atoms with Crippen LogP contribution in [0.5, 0.6) is 0 Å². The number of aromatic nitrogens is 2. The predicted octanol–water partition coefficient (Wildman–Crippen LogP) is 4.48. The van der Waals surface area contributed by atoms with Crippen LogP contribution in [0.2, 0.25) is 0 Å². The second kappa shape index (κ2) is 5.92. The summed E-state index contributed by atoms with van der Waals surface area (Å²) in [5, 5.41) is 0.291. The second-order valence-electron chi connectivity index (χ2n) is 7.39. The third-order valence-corrected chi connectivity index (χ3v) is 6.78. The van der Waals surface area contributed by atoms with Gasteiger partial charge in [-0.1, -0.05) is 24.6 Å². The Morgan fingerprint density at radius 1 is 1.04 bits per heavy atom. The maximum atomic E-state index is 13.6. The van der Waals surface area contributed by atoms with Crippen LogP contribution in [-0.2, 0) is 7.05 Å². The van der Waals surface area contributed by atoms with Crippen LogP contribution in [0, 0.1) is 6.92 Å². The summed E-state index contributed by atoms with van der Waals surface area (Å²) < 4.78 is 4.43. The molecule has 5 heteroatoms. The summed E-state index contributed by atoms with van der Waals surface area (Å²) >= 11 is 1.46. The minimum atomic E-state index is -0.200. The van der Waals surface area contributed by atoms with Gasteiger partial charge in [0.2, 0.25) is 5.43 Å². The van der Waals surface area contributed by atoms with Gasteiger partial charge in [0.05, 0.1) is 15.7 Å². The molecule has 5 rings (SSSR count). The molecule has 0 amide bonds. The van der Waals surface area contributed by atoms with E-state index in [9.17, 15) is 9.59 Å². The van der Waals surface area contributed by atoms with E-state index in [1.54, 1.807) is 4.57 Å². The van der Waals surface area contributed by atoms with Gasteiger partial charge in [0.15, 0.2) is 0 Å². The van der Waals surface area contributed by atoms with Gasteiger partial charge in [0.25, 0.3) is 5.56 Å². The Morgan fingerprint density at radius 3 is 2.44 bits per heavy atom. The molecule has 1 saturated carbocycles. The highest BCUT2D eigenvalue weighted by Crippen LogP contribution is 2.37. The number of hydrogen-bond acceptors (Lipinski definition) is 3. The zero-order valence-electron chi connectivity index (χ0n) is 15.4. The van der Waals surface area contributed by atoms with Crippen LogP contribution in [-0.4, -0.2) is 9.13 Å². The average Bonchev–Trinajstić information content (AvgIpc) is 3.01. The molecule has 0 unspecified atom stereocenters. The monoisotopic (exact) mass is 376 g/mol. The summed E-state index contributed by atoms with van der Waals surface area (Å²) in [6.45, 7) is 2.00. The molecule has 0 bridgehead atoms. The number of fused-ring (bicyclic) bond motifs is 2. The number of rotatable bonds is 2. The summed E-state index contributed by atoms with van der Waals surface area (Å²) in [5.41, 5.74) is 3.15. The van der Waals surface area contributed by atoms with Gasteiger partial charge in [-0.3, -0.25) is 14.2 Å². The molecule has 0 saturated heterocycles. The third-order valence-electron chi connectivity index (χ3n) is 5.75. The van der Waals surface area contributed by atoms with Crippen molar-refractivity contribution in [2.45, 2.75) is 32.1 Å². The predicted molar refractivity (Wildman–Crippen MR) is 111 cm³/mol. The fourth-order valence-corrected chi connectivity index (χ4v) is 5.08. The molecular weight excluding hydrogens is 356 g/mol. The van der Waals surface area contributed by atoms with Gasteiger partial charge in [0.1, 0.15) is 5.39 Å². The van der Waals surface area contributed by atoms with E-state index in [2.05, 4.69) is 6.07 Å². The number of pyridine rings is 2. The lowest BCUT2D eigenvalue weighted by atomic mass is 9.82. The molecule has 4 nitrogen and oxygen atoms in total. The Labute approximate surface area is 160 Å². The van der Waals surface area contributed by atoms with Crippen LogP contribution in [0.15, 0.2) is 52.1 Å². The lowest BCUT2D eigenvalue weighted by Crippen LogP contribution is -2.30. The molecule has 1 aromatic carbocycles. The van der Waals surface area contributed by atoms with Crippen LogP contribution < -0.4 is 11.0 Å². The van der Waals surface area contributed by atoms with Gasteiger partial charge in [-0.05, 0) is 49.9 Å². The van der Waals surface area contributed by atoms with Crippen molar-refractivity contribution in [1.29, 1.82) is 0 Å². The fraction of sp³-hybridized carbons (Fsp3) is 0.273. The quantitative estimate of drug-likeness (QED) is 0.518. The lowest BCUT2D eigenvalue weighted by molar-refractivity contribution is 0.404. The number of benzene rings is 1. The van der Waals surface area contributed by atoms with Crippen LogP contribution in [0.4, 0.5) is 0 Å². The smallest absolute Gasteiger partial charge is 0.268 e. The molecule has 0 atom stereocenters. The molecule has 3 heterocycles. The molecule has 0 aliphatic heterocycles. The summed E-state index contributed by atoms with van der Waals surface area (Å²) in [6, 6.07) is 13.8. The molecule has 1 aliphatic rings. The molecule has 4 aromatic rings. The minimum Gasteiger partial charge on any atom is -0.342 e. The summed E-state index contributed by atoms with van der Waals surface area (Å²) in [5.74, 6) is 0.373. The van der Waals surface area contributed by atoms with Crippen LogP contribution in [0.1, 0.15) is 35.8 Å². The van der Waals surface area contributed by atoms with Crippen LogP contribution >= 0.6 is 11.3 Å². The highest BCUT2D eigenvalue weighted by Gasteiger charge is 2.26. The van der Waals surface area contributed by atoms with E-state index in [1.165, 1.54) is 17.8 Å². The Balaban J connectivity index is 1.98. The molecule has 3 aromatic heterocycles. The normalized spacial score (nSPS) is 14.7. The molecule has 1 aliphatic carbocycles. The Bertz CT molecular complexity index is 1310. The molecule has 136 valence electrons. The standard InChI is InChI=1S/C22H20N2O2S/c1-13-11-18-21(27-13)20(25)19-17(23(18)2)12-16(14-7-6-8-14)24(22(19)26)15-9-4-3-5-10-15/h3-5,9-12,14H,6-8H2,1-2H3. The fourth-order valence-electron chi connectivity index (χ4n) is 4.10. The van der Waals surface area contributed by atoms with Crippen molar-refractivity contribution in [1.82, 2.24) is 9.13 Å². The topological polar surface area (TPSA) is 44.0 Å². The van der Waals surface area contributed by atoms with Crippen molar-refractivity contribution < 1.29 is 0 Å². The molecule has 0 spiro atoms. The Kier molecular flexibility index (Phi) is 3.62. The van der Waals surface area contributed by atoms with Gasteiger partial charge in [0, 0.05) is 23.3 Å². The minimum absolute atomic E-state index is 0.147. The number of para-hydroxylation sites is 1. The first-order valence-corrected chi connectivity index (χ1v) is 10.1. The Hall–Kier alpha value is -2.66. The van der Waals surface area contributed by atoms with Crippen LogP contribution in [0.25, 0.3) is 26.8 Å². The number of aryl methyl sites for hydroxylation is 2. The summed E-state index contributed by atoms with van der Waals surface area (Å²) in [4.78, 5) is 27.9. The van der Waals surface area contributed by atoms with Gasteiger partial charge in [-0.2, -0.15) is 0 Å². The van der Waals surface area contributed by atoms with E-state index in [-0.39, 0.29) is 11.0 Å².